The number of hydrogen-bond acceptors (Lipinski definition) is 6. The average Bonchev–Trinajstić information content (AvgIpc) is 3.17. The van der Waals surface area contributed by atoms with Gasteiger partial charge in [0.1, 0.15) is 0 Å². The van der Waals surface area contributed by atoms with Crippen LogP contribution in [0.25, 0.3) is 11.0 Å². The maximum Gasteiger partial charge on any atom is 0.321 e. The van der Waals surface area contributed by atoms with Gasteiger partial charge in [-0.05, 0) is 49.1 Å². The highest BCUT2D eigenvalue weighted by atomic mass is 16.5. The lowest BCUT2D eigenvalue weighted by Crippen LogP contribution is -2.50. The number of carbonyl (C=O) groups is 2. The molecule has 8 heteroatoms. The Morgan fingerprint density at radius 3 is 2.67 bits per heavy atom. The van der Waals surface area contributed by atoms with Crippen LogP contribution >= 0.6 is 0 Å². The second-order valence-corrected chi connectivity index (χ2v) is 8.55. The van der Waals surface area contributed by atoms with Gasteiger partial charge in [0.25, 0.3) is 0 Å². The third-order valence-corrected chi connectivity index (χ3v) is 5.96. The van der Waals surface area contributed by atoms with Crippen LogP contribution in [0.1, 0.15) is 38.8 Å². The van der Waals surface area contributed by atoms with Gasteiger partial charge in [-0.3, -0.25) is 14.5 Å². The smallest absolute Gasteiger partial charge is 0.321 e. The zero-order chi connectivity index (χ0) is 23.7. The molecule has 0 radical (unpaired) electrons. The molecule has 174 valence electrons. The third-order valence-electron chi connectivity index (χ3n) is 5.96. The molecule has 1 N–H and O–H groups in total. The minimum atomic E-state index is -1.10. The van der Waals surface area contributed by atoms with Crippen molar-refractivity contribution in [3.8, 4) is 11.5 Å². The van der Waals surface area contributed by atoms with Crippen molar-refractivity contribution < 1.29 is 24.2 Å². The lowest BCUT2D eigenvalue weighted by atomic mass is 9.89. The van der Waals surface area contributed by atoms with Crippen LogP contribution in [0.5, 0.6) is 11.5 Å². The van der Waals surface area contributed by atoms with Gasteiger partial charge in [-0.25, -0.2) is 4.98 Å². The number of imidazole rings is 1. The van der Waals surface area contributed by atoms with Crippen molar-refractivity contribution >= 4 is 28.9 Å². The van der Waals surface area contributed by atoms with Gasteiger partial charge in [0.05, 0.1) is 30.8 Å². The molecule has 0 aliphatic carbocycles. The van der Waals surface area contributed by atoms with E-state index in [1.165, 1.54) is 13.2 Å². The molecule has 0 fully saturated rings. The second-order valence-electron chi connectivity index (χ2n) is 8.55. The van der Waals surface area contributed by atoms with Crippen LogP contribution in [0.2, 0.25) is 0 Å². The maximum absolute atomic E-state index is 13.8. The summed E-state index contributed by atoms with van der Waals surface area (Å²) in [7, 11) is 1.46. The van der Waals surface area contributed by atoms with Gasteiger partial charge in [-0.1, -0.05) is 32.0 Å². The summed E-state index contributed by atoms with van der Waals surface area (Å²) in [4.78, 5) is 33.4. The van der Waals surface area contributed by atoms with Gasteiger partial charge < -0.3 is 19.1 Å². The van der Waals surface area contributed by atoms with E-state index in [1.807, 2.05) is 28.8 Å². The van der Waals surface area contributed by atoms with Crippen LogP contribution in [0.4, 0.5) is 5.95 Å². The molecule has 8 nitrogen and oxygen atoms in total. The van der Waals surface area contributed by atoms with Crippen LogP contribution < -0.4 is 9.64 Å². The first-order chi connectivity index (χ1) is 15.9. The zero-order valence-electron chi connectivity index (χ0n) is 19.3. The van der Waals surface area contributed by atoms with E-state index in [0.717, 1.165) is 17.5 Å². The quantitative estimate of drug-likeness (QED) is 0.432. The normalized spacial score (nSPS) is 18.0. The highest BCUT2D eigenvalue weighted by Crippen LogP contribution is 2.43. The number of nitrogens with zero attached hydrogens (tertiary/aromatic N) is 3. The first kappa shape index (κ1) is 22.6. The molecule has 1 aliphatic heterocycles. The van der Waals surface area contributed by atoms with Crippen molar-refractivity contribution in [3.63, 3.8) is 0 Å². The van der Waals surface area contributed by atoms with Gasteiger partial charge in [-0.2, -0.15) is 0 Å². The molecule has 2 heterocycles. The Morgan fingerprint density at radius 1 is 1.21 bits per heavy atom. The Bertz CT molecular complexity index is 1190. The molecule has 4 rings (SSSR count). The van der Waals surface area contributed by atoms with E-state index < -0.39 is 17.9 Å². The number of phenols is 1. The van der Waals surface area contributed by atoms with Gasteiger partial charge in [0.2, 0.25) is 11.9 Å². The Kier molecular flexibility index (Phi) is 6.26. The predicted octanol–water partition coefficient (Wildman–Crippen LogP) is 3.91. The number of amides is 1. The molecule has 1 aromatic heterocycles. The van der Waals surface area contributed by atoms with Crippen LogP contribution in [-0.4, -0.2) is 46.8 Å². The van der Waals surface area contributed by atoms with Crippen LogP contribution in [0.3, 0.4) is 0 Å². The number of methoxy groups -OCH3 is 1. The number of fused-ring (bicyclic) bond motifs is 3. The molecular formula is C25H29N3O5. The first-order valence-electron chi connectivity index (χ1n) is 11.2. The van der Waals surface area contributed by atoms with Crippen molar-refractivity contribution in [1.82, 2.24) is 9.55 Å². The van der Waals surface area contributed by atoms with Crippen LogP contribution in [-0.2, 0) is 14.3 Å². The molecule has 1 aliphatic rings. The lowest BCUT2D eigenvalue weighted by Gasteiger charge is -2.38. The summed E-state index contributed by atoms with van der Waals surface area (Å²) in [6, 6.07) is 11.8. The second kappa shape index (κ2) is 9.13. The number of aromatic hydroxyl groups is 1. The first-order valence-corrected chi connectivity index (χ1v) is 11.2. The molecule has 3 aromatic rings. The van der Waals surface area contributed by atoms with Crippen molar-refractivity contribution in [1.29, 1.82) is 0 Å². The van der Waals surface area contributed by atoms with E-state index in [0.29, 0.717) is 24.0 Å². The van der Waals surface area contributed by atoms with Crippen molar-refractivity contribution in [2.75, 3.05) is 25.2 Å². The molecule has 2 unspecified atom stereocenters. The number of hydrogen-bond donors (Lipinski definition) is 1. The molecule has 2 atom stereocenters. The SMILES string of the molecule is CCOC(=O)C1C(=O)N(CCC(C)C)c2nc3ccccc3n2C1c1ccc(O)c(OC)c1. The number of aromatic nitrogens is 2. The van der Waals surface area contributed by atoms with Gasteiger partial charge >= 0.3 is 5.97 Å². The predicted molar refractivity (Wildman–Crippen MR) is 124 cm³/mol. The summed E-state index contributed by atoms with van der Waals surface area (Å²) in [5, 5.41) is 10.1. The fourth-order valence-electron chi connectivity index (χ4n) is 4.33. The van der Waals surface area contributed by atoms with E-state index >= 15 is 0 Å². The number of esters is 1. The van der Waals surface area contributed by atoms with Crippen LogP contribution in [0.15, 0.2) is 42.5 Å². The van der Waals surface area contributed by atoms with E-state index in [1.54, 1.807) is 24.0 Å². The third kappa shape index (κ3) is 4.01. The van der Waals surface area contributed by atoms with E-state index in [2.05, 4.69) is 13.8 Å². The van der Waals surface area contributed by atoms with E-state index in [9.17, 15) is 14.7 Å². The molecular weight excluding hydrogens is 422 g/mol. The highest BCUT2D eigenvalue weighted by molar-refractivity contribution is 6.08. The number of anilines is 1. The monoisotopic (exact) mass is 451 g/mol. The summed E-state index contributed by atoms with van der Waals surface area (Å²) in [5.74, 6) is -0.917. The Morgan fingerprint density at radius 2 is 1.97 bits per heavy atom. The summed E-state index contributed by atoms with van der Waals surface area (Å²) in [6.45, 7) is 6.51. The summed E-state index contributed by atoms with van der Waals surface area (Å²) < 4.78 is 12.6. The molecule has 1 amide bonds. The number of benzene rings is 2. The van der Waals surface area contributed by atoms with Crippen molar-refractivity contribution in [3.05, 3.63) is 48.0 Å². The standard InChI is InChI=1S/C25H29N3O5/c1-5-33-24(31)21-22(16-10-11-19(29)20(14-16)32-4)28-18-9-7-6-8-17(18)26-25(28)27(23(21)30)13-12-15(2)3/h6-11,14-15,21-22,29H,5,12-13H2,1-4H3. The van der Waals surface area contributed by atoms with Crippen LogP contribution in [0, 0.1) is 11.8 Å². The Balaban J connectivity index is 1.98. The summed E-state index contributed by atoms with van der Waals surface area (Å²) >= 11 is 0. The Labute approximate surface area is 192 Å². The number of ether oxygens (including phenoxy) is 2. The fraction of sp³-hybridized carbons (Fsp3) is 0.400. The summed E-state index contributed by atoms with van der Waals surface area (Å²) in [6.07, 6.45) is 0.766. The molecule has 0 bridgehead atoms. The lowest BCUT2D eigenvalue weighted by molar-refractivity contribution is -0.153. The molecule has 0 saturated heterocycles. The average molecular weight is 452 g/mol. The minimum Gasteiger partial charge on any atom is -0.504 e. The van der Waals surface area contributed by atoms with Gasteiger partial charge in [0, 0.05) is 6.54 Å². The maximum atomic E-state index is 13.8. The number of para-hydroxylation sites is 2. The topological polar surface area (TPSA) is 93.9 Å². The Hall–Kier alpha value is -3.55. The fourth-order valence-corrected chi connectivity index (χ4v) is 4.33. The van der Waals surface area contributed by atoms with Crippen molar-refractivity contribution in [2.24, 2.45) is 11.8 Å². The largest absolute Gasteiger partial charge is 0.504 e. The molecule has 0 spiro atoms. The number of rotatable bonds is 7. The highest BCUT2D eigenvalue weighted by Gasteiger charge is 2.47. The molecule has 2 aromatic carbocycles. The van der Waals surface area contributed by atoms with Gasteiger partial charge in [-0.15, -0.1) is 0 Å². The summed E-state index contributed by atoms with van der Waals surface area (Å²) in [5.41, 5.74) is 2.18. The van der Waals surface area contributed by atoms with E-state index in [-0.39, 0.29) is 24.0 Å². The van der Waals surface area contributed by atoms with Gasteiger partial charge in [0.15, 0.2) is 17.4 Å². The number of carbonyl (C=O) groups excluding carboxylic acids is 2. The van der Waals surface area contributed by atoms with E-state index in [4.69, 9.17) is 14.5 Å². The van der Waals surface area contributed by atoms with Crippen molar-refractivity contribution in [2.45, 2.75) is 33.2 Å². The minimum absolute atomic E-state index is 0.0228. The zero-order valence-corrected chi connectivity index (χ0v) is 19.3. The molecule has 33 heavy (non-hydrogen) atoms. The number of phenolic OH excluding ortho intramolecular Hbond substituents is 1. The molecule has 0 saturated carbocycles.